The normalized spacial score (nSPS) is 14.5. The van der Waals surface area contributed by atoms with E-state index in [0.29, 0.717) is 0 Å². The molecule has 0 radical (unpaired) electrons. The molecule has 0 aromatic heterocycles. The quantitative estimate of drug-likeness (QED) is 0.507. The van der Waals surface area contributed by atoms with Crippen LogP contribution in [0.2, 0.25) is 0 Å². The van der Waals surface area contributed by atoms with E-state index in [4.69, 9.17) is 20.0 Å². The van der Waals surface area contributed by atoms with Gasteiger partial charge in [0.15, 0.2) is 5.66 Å². The average molecular weight is 254 g/mol. The summed E-state index contributed by atoms with van der Waals surface area (Å²) in [4.78, 5) is 38.8. The van der Waals surface area contributed by atoms with E-state index in [2.05, 4.69) is 0 Å². The summed E-state index contributed by atoms with van der Waals surface area (Å²) in [5.41, 5.74) is -2.85. The maximum absolute atomic E-state index is 10.9. The Morgan fingerprint density at radius 3 is 1.94 bits per heavy atom. The van der Waals surface area contributed by atoms with Gasteiger partial charge in [-0.3, -0.25) is 14.2 Å². The smallest absolute Gasteiger partial charge is 0.339 e. The van der Waals surface area contributed by atoms with Gasteiger partial charge in [-0.2, -0.15) is 0 Å². The van der Waals surface area contributed by atoms with Gasteiger partial charge in [0.2, 0.25) is 0 Å². The van der Waals surface area contributed by atoms with Crippen molar-refractivity contribution >= 4 is 19.5 Å². The predicted octanol–water partition coefficient (Wildman–Crippen LogP) is 0.508. The summed E-state index contributed by atoms with van der Waals surface area (Å²) in [7, 11) is -4.76. The van der Waals surface area contributed by atoms with E-state index in [1.807, 2.05) is 0 Å². The molecule has 0 saturated carbocycles. The molecular weight excluding hydrogens is 239 g/mol. The molecule has 0 spiro atoms. The molecule has 0 heterocycles. The van der Waals surface area contributed by atoms with E-state index in [9.17, 15) is 14.2 Å². The number of rotatable bonds is 6. The van der Waals surface area contributed by atoms with Crippen LogP contribution in [0.15, 0.2) is 0 Å². The third kappa shape index (κ3) is 5.25. The predicted molar refractivity (Wildman–Crippen MR) is 54.1 cm³/mol. The zero-order valence-corrected chi connectivity index (χ0v) is 9.85. The molecule has 0 saturated heterocycles. The molecule has 7 nitrogen and oxygen atoms in total. The van der Waals surface area contributed by atoms with Crippen molar-refractivity contribution in [3.8, 4) is 0 Å². The fraction of sp³-hybridized carbons (Fsp3) is 0.750. The fourth-order valence-electron chi connectivity index (χ4n) is 1.36. The van der Waals surface area contributed by atoms with E-state index < -0.39 is 30.6 Å². The van der Waals surface area contributed by atoms with Gasteiger partial charge < -0.3 is 20.0 Å². The highest BCUT2D eigenvalue weighted by Gasteiger charge is 2.40. The van der Waals surface area contributed by atoms with Gasteiger partial charge in [-0.15, -0.1) is 0 Å². The minimum absolute atomic E-state index is 0.350. The van der Waals surface area contributed by atoms with Crippen molar-refractivity contribution in [3.05, 3.63) is 0 Å². The summed E-state index contributed by atoms with van der Waals surface area (Å²) in [5.74, 6) is -2.76. The zero-order chi connectivity index (χ0) is 13.1. The number of hydrogen-bond donors (Lipinski definition) is 4. The van der Waals surface area contributed by atoms with Crippen molar-refractivity contribution < 1.29 is 34.2 Å². The lowest BCUT2D eigenvalue weighted by Crippen LogP contribution is -2.29. The molecule has 0 aliphatic carbocycles. The molecule has 0 aromatic rings. The Kier molecular flexibility index (Phi) is 4.67. The lowest BCUT2D eigenvalue weighted by atomic mass is 9.84. The molecule has 1 atom stereocenters. The Labute approximate surface area is 92.3 Å². The van der Waals surface area contributed by atoms with Crippen LogP contribution in [0.5, 0.6) is 0 Å². The molecule has 0 aromatic carbocycles. The van der Waals surface area contributed by atoms with E-state index in [-0.39, 0.29) is 12.8 Å². The van der Waals surface area contributed by atoms with Gasteiger partial charge in [-0.25, -0.2) is 0 Å². The summed E-state index contributed by atoms with van der Waals surface area (Å²) < 4.78 is 10.9. The first kappa shape index (κ1) is 15.1. The first-order chi connectivity index (χ1) is 6.96. The minimum Gasteiger partial charge on any atom is -0.481 e. The molecular formula is C8H15O7P. The van der Waals surface area contributed by atoms with Gasteiger partial charge in [-0.05, 0) is 11.8 Å². The van der Waals surface area contributed by atoms with Crippen LogP contribution in [0, 0.1) is 5.41 Å². The van der Waals surface area contributed by atoms with Crippen molar-refractivity contribution in [2.75, 3.05) is 0 Å². The average Bonchev–Trinajstić information content (AvgIpc) is 1.94. The molecule has 4 N–H and O–H groups in total. The van der Waals surface area contributed by atoms with Crippen LogP contribution < -0.4 is 0 Å². The van der Waals surface area contributed by atoms with E-state index in [1.165, 1.54) is 13.8 Å². The Hall–Kier alpha value is -0.910. The molecule has 0 bridgehead atoms. The van der Waals surface area contributed by atoms with Crippen LogP contribution in [0.25, 0.3) is 0 Å². The molecule has 16 heavy (non-hydrogen) atoms. The first-order valence-corrected chi connectivity index (χ1v) is 6.14. The van der Waals surface area contributed by atoms with Crippen LogP contribution in [0.4, 0.5) is 0 Å². The third-order valence-electron chi connectivity index (χ3n) is 2.07. The maximum atomic E-state index is 10.9. The van der Waals surface area contributed by atoms with Crippen molar-refractivity contribution in [3.63, 3.8) is 0 Å². The number of carboxylic acid groups (broad SMARTS) is 2. The van der Waals surface area contributed by atoms with Gasteiger partial charge in [-0.1, -0.05) is 13.8 Å². The topological polar surface area (TPSA) is 132 Å². The van der Waals surface area contributed by atoms with E-state index in [0.717, 1.165) is 0 Å². The fourth-order valence-corrected chi connectivity index (χ4v) is 2.37. The number of carboxylic acids is 2. The SMILES string of the molecule is CC(C)(CC(=O)O)CC(C(=O)O)P(=O)(O)O. The lowest BCUT2D eigenvalue weighted by Gasteiger charge is -2.26. The second-order valence-corrected chi connectivity index (χ2v) is 6.18. The number of carbonyl (C=O) groups is 2. The van der Waals surface area contributed by atoms with E-state index in [1.54, 1.807) is 0 Å². The summed E-state index contributed by atoms with van der Waals surface area (Å²) in [6, 6.07) is 0. The van der Waals surface area contributed by atoms with Crippen LogP contribution in [-0.4, -0.2) is 37.6 Å². The van der Waals surface area contributed by atoms with Crippen molar-refractivity contribution in [1.29, 1.82) is 0 Å². The second kappa shape index (κ2) is 4.95. The lowest BCUT2D eigenvalue weighted by molar-refractivity contribution is -0.141. The molecule has 0 rings (SSSR count). The monoisotopic (exact) mass is 254 g/mol. The van der Waals surface area contributed by atoms with Gasteiger partial charge in [0.05, 0.1) is 6.42 Å². The highest BCUT2D eigenvalue weighted by Crippen LogP contribution is 2.47. The molecule has 0 fully saturated rings. The van der Waals surface area contributed by atoms with Gasteiger partial charge in [0, 0.05) is 0 Å². The van der Waals surface area contributed by atoms with Gasteiger partial charge >= 0.3 is 19.5 Å². The molecule has 0 aliphatic heterocycles. The Morgan fingerprint density at radius 1 is 1.25 bits per heavy atom. The minimum atomic E-state index is -4.76. The summed E-state index contributed by atoms with van der Waals surface area (Å²) in [6.07, 6.45) is -0.740. The van der Waals surface area contributed by atoms with Crippen LogP contribution >= 0.6 is 7.60 Å². The summed E-state index contributed by atoms with van der Waals surface area (Å²) in [5, 5.41) is 17.2. The highest BCUT2D eigenvalue weighted by molar-refractivity contribution is 7.53. The van der Waals surface area contributed by atoms with E-state index >= 15 is 0 Å². The Bertz CT molecular complexity index is 329. The molecule has 8 heteroatoms. The standard InChI is InChI=1S/C8H15O7P/c1-8(2,4-6(9)10)3-5(7(11)12)16(13,14)15/h5H,3-4H2,1-2H3,(H,9,10)(H,11,12)(H2,13,14,15). The summed E-state index contributed by atoms with van der Waals surface area (Å²) >= 11 is 0. The third-order valence-corrected chi connectivity index (χ3v) is 3.28. The zero-order valence-electron chi connectivity index (χ0n) is 8.95. The largest absolute Gasteiger partial charge is 0.481 e. The van der Waals surface area contributed by atoms with Crippen LogP contribution in [0.1, 0.15) is 26.7 Å². The van der Waals surface area contributed by atoms with Crippen LogP contribution in [0.3, 0.4) is 0 Å². The van der Waals surface area contributed by atoms with Crippen molar-refractivity contribution in [2.45, 2.75) is 32.3 Å². The summed E-state index contributed by atoms with van der Waals surface area (Å²) in [6.45, 7) is 2.90. The first-order valence-electron chi connectivity index (χ1n) is 4.45. The van der Waals surface area contributed by atoms with Crippen molar-refractivity contribution in [2.24, 2.45) is 5.41 Å². The molecule has 1 unspecified atom stereocenters. The van der Waals surface area contributed by atoms with Crippen LogP contribution in [-0.2, 0) is 14.2 Å². The Morgan fingerprint density at radius 2 is 1.69 bits per heavy atom. The number of aliphatic carboxylic acids is 2. The molecule has 0 amide bonds. The highest BCUT2D eigenvalue weighted by atomic mass is 31.2. The number of hydrogen-bond acceptors (Lipinski definition) is 3. The van der Waals surface area contributed by atoms with Gasteiger partial charge in [0.25, 0.3) is 0 Å². The molecule has 0 aliphatic rings. The molecule has 94 valence electrons. The van der Waals surface area contributed by atoms with Gasteiger partial charge in [0.1, 0.15) is 0 Å². The van der Waals surface area contributed by atoms with Crippen molar-refractivity contribution in [1.82, 2.24) is 0 Å². The second-order valence-electron chi connectivity index (χ2n) is 4.38. The Balaban J connectivity index is 4.83. The maximum Gasteiger partial charge on any atom is 0.339 e.